The van der Waals surface area contributed by atoms with Crippen molar-refractivity contribution in [2.75, 3.05) is 24.1 Å². The highest BCUT2D eigenvalue weighted by atomic mass is 79.9. The lowest BCUT2D eigenvalue weighted by Gasteiger charge is -2.35. The van der Waals surface area contributed by atoms with Gasteiger partial charge in [0.1, 0.15) is 25.8 Å². The summed E-state index contributed by atoms with van der Waals surface area (Å²) >= 11 is 3.48. The minimum absolute atomic E-state index is 0.0248. The van der Waals surface area contributed by atoms with Crippen LogP contribution in [0.1, 0.15) is 43.2 Å². The number of hydrogen-bond donors (Lipinski definition) is 1. The Morgan fingerprint density at radius 1 is 0.796 bits per heavy atom. The van der Waals surface area contributed by atoms with Crippen LogP contribution in [0.3, 0.4) is 0 Å². The number of ether oxygens (including phenoxy) is 2. The smallest absolute Gasteiger partial charge is 0.264 e. The van der Waals surface area contributed by atoms with E-state index in [1.54, 1.807) is 36.4 Å². The van der Waals surface area contributed by atoms with Gasteiger partial charge in [0.25, 0.3) is 10.0 Å². The van der Waals surface area contributed by atoms with Crippen LogP contribution in [0.15, 0.2) is 112 Å². The molecule has 1 saturated carbocycles. The van der Waals surface area contributed by atoms with E-state index in [1.165, 1.54) is 17.0 Å². The molecule has 4 aromatic carbocycles. The van der Waals surface area contributed by atoms with Crippen LogP contribution < -0.4 is 19.1 Å². The molecule has 1 heterocycles. The molecule has 1 N–H and O–H groups in total. The first-order valence-corrected chi connectivity index (χ1v) is 18.9. The Labute approximate surface area is 296 Å². The maximum Gasteiger partial charge on any atom is 0.264 e. The van der Waals surface area contributed by atoms with E-state index < -0.39 is 28.5 Å². The second kappa shape index (κ2) is 15.9. The number of anilines is 1. The average molecular weight is 747 g/mol. The Hall–Kier alpha value is -4.35. The summed E-state index contributed by atoms with van der Waals surface area (Å²) in [5, 5.41) is 3.24. The standard InChI is InChI=1S/C38H40BrN3O6S/c39-30-18-16-29(17-19-30)26-41(34(24-28-10-4-1-5-11-28)38(44)40-31-12-6-2-7-13-31)37(43)27-42(49(45,46)33-14-8-3-9-15-33)32-20-21-35-36(25-32)48-23-22-47-35/h1,3-5,8-11,14-21,25,31,34H,2,6-7,12-13,22-24,26-27H2,(H,40,44). The van der Waals surface area contributed by atoms with Gasteiger partial charge in [0, 0.05) is 29.5 Å². The van der Waals surface area contributed by atoms with Gasteiger partial charge in [0.05, 0.1) is 10.6 Å². The number of carbonyl (C=O) groups is 2. The predicted molar refractivity (Wildman–Crippen MR) is 192 cm³/mol. The zero-order chi connectivity index (χ0) is 34.2. The molecular formula is C38H40BrN3O6S. The number of hydrogen-bond acceptors (Lipinski definition) is 6. The summed E-state index contributed by atoms with van der Waals surface area (Å²) in [4.78, 5) is 30.6. The summed E-state index contributed by atoms with van der Waals surface area (Å²) in [5.41, 5.74) is 1.94. The molecule has 1 aliphatic heterocycles. The van der Waals surface area contributed by atoms with Crippen molar-refractivity contribution < 1.29 is 27.5 Å². The third-order valence-corrected chi connectivity index (χ3v) is 11.2. The highest BCUT2D eigenvalue weighted by molar-refractivity contribution is 9.10. The number of halogens is 1. The first kappa shape index (κ1) is 34.5. The monoisotopic (exact) mass is 745 g/mol. The number of benzene rings is 4. The quantitative estimate of drug-likeness (QED) is 0.178. The fourth-order valence-electron chi connectivity index (χ4n) is 6.32. The summed E-state index contributed by atoms with van der Waals surface area (Å²) in [7, 11) is -4.23. The molecule has 1 unspecified atom stereocenters. The second-order valence-corrected chi connectivity index (χ2v) is 15.1. The van der Waals surface area contributed by atoms with Crippen molar-refractivity contribution in [3.63, 3.8) is 0 Å². The number of nitrogens with zero attached hydrogens (tertiary/aromatic N) is 2. The van der Waals surface area contributed by atoms with E-state index in [-0.39, 0.29) is 35.5 Å². The lowest BCUT2D eigenvalue weighted by Crippen LogP contribution is -2.55. The molecule has 49 heavy (non-hydrogen) atoms. The molecule has 256 valence electrons. The molecule has 1 aliphatic carbocycles. The van der Waals surface area contributed by atoms with Gasteiger partial charge in [0.2, 0.25) is 11.8 Å². The summed E-state index contributed by atoms with van der Waals surface area (Å²) in [6.07, 6.45) is 5.25. The molecule has 0 bridgehead atoms. The minimum atomic E-state index is -4.23. The summed E-state index contributed by atoms with van der Waals surface area (Å²) in [6, 6.07) is 29.1. The normalized spacial score (nSPS) is 15.2. The van der Waals surface area contributed by atoms with Crippen LogP contribution in [0, 0.1) is 0 Å². The molecule has 2 amide bonds. The minimum Gasteiger partial charge on any atom is -0.486 e. The molecule has 0 aromatic heterocycles. The summed E-state index contributed by atoms with van der Waals surface area (Å²) in [5.74, 6) is 0.123. The van der Waals surface area contributed by atoms with Gasteiger partial charge in [-0.3, -0.25) is 13.9 Å². The van der Waals surface area contributed by atoms with E-state index in [0.29, 0.717) is 24.7 Å². The lowest BCUT2D eigenvalue weighted by molar-refractivity contribution is -0.140. The molecule has 2 aliphatic rings. The molecular weight excluding hydrogens is 706 g/mol. The lowest BCUT2D eigenvalue weighted by atomic mass is 9.94. The van der Waals surface area contributed by atoms with Crippen molar-refractivity contribution in [2.45, 2.75) is 62.0 Å². The molecule has 0 radical (unpaired) electrons. The fourth-order valence-corrected chi connectivity index (χ4v) is 8.01. The van der Waals surface area contributed by atoms with Crippen LogP contribution in [-0.4, -0.2) is 57.0 Å². The Morgan fingerprint density at radius 2 is 1.45 bits per heavy atom. The number of sulfonamides is 1. The highest BCUT2D eigenvalue weighted by Crippen LogP contribution is 2.36. The number of carbonyl (C=O) groups excluding carboxylic acids is 2. The van der Waals surface area contributed by atoms with Gasteiger partial charge < -0.3 is 19.7 Å². The van der Waals surface area contributed by atoms with Gasteiger partial charge in [-0.05, 0) is 60.4 Å². The molecule has 1 atom stereocenters. The Bertz CT molecular complexity index is 1830. The Balaban J connectivity index is 1.40. The van der Waals surface area contributed by atoms with Crippen molar-refractivity contribution in [3.05, 3.63) is 119 Å². The number of nitrogens with one attached hydrogen (secondary N) is 1. The van der Waals surface area contributed by atoms with Gasteiger partial charge >= 0.3 is 0 Å². The Morgan fingerprint density at radius 3 is 2.14 bits per heavy atom. The van der Waals surface area contributed by atoms with Crippen LogP contribution in [-0.2, 0) is 32.6 Å². The van der Waals surface area contributed by atoms with E-state index in [4.69, 9.17) is 9.47 Å². The summed E-state index contributed by atoms with van der Waals surface area (Å²) < 4.78 is 42.1. The predicted octanol–water partition coefficient (Wildman–Crippen LogP) is 6.50. The van der Waals surface area contributed by atoms with Crippen LogP contribution in [0.2, 0.25) is 0 Å². The van der Waals surface area contributed by atoms with E-state index >= 15 is 0 Å². The zero-order valence-electron chi connectivity index (χ0n) is 27.2. The maximum atomic E-state index is 14.8. The zero-order valence-corrected chi connectivity index (χ0v) is 29.6. The van der Waals surface area contributed by atoms with Gasteiger partial charge in [-0.1, -0.05) is 95.9 Å². The highest BCUT2D eigenvalue weighted by Gasteiger charge is 2.36. The van der Waals surface area contributed by atoms with Crippen LogP contribution in [0.5, 0.6) is 11.5 Å². The van der Waals surface area contributed by atoms with Crippen molar-refractivity contribution in [2.24, 2.45) is 0 Å². The SMILES string of the molecule is O=C(NC1CCCCC1)C(Cc1ccccc1)N(Cc1ccc(Br)cc1)C(=O)CN(c1ccc2c(c1)OCCO2)S(=O)(=O)c1ccccc1. The average Bonchev–Trinajstić information content (AvgIpc) is 3.13. The molecule has 9 nitrogen and oxygen atoms in total. The molecule has 1 fully saturated rings. The van der Waals surface area contributed by atoms with Crippen molar-refractivity contribution in [3.8, 4) is 11.5 Å². The molecule has 4 aromatic rings. The Kier molecular flexibility index (Phi) is 11.2. The van der Waals surface area contributed by atoms with E-state index in [1.807, 2.05) is 54.6 Å². The molecule has 6 rings (SSSR count). The summed E-state index contributed by atoms with van der Waals surface area (Å²) in [6.45, 7) is 0.254. The van der Waals surface area contributed by atoms with Gasteiger partial charge in [-0.25, -0.2) is 8.42 Å². The number of fused-ring (bicyclic) bond motifs is 1. The van der Waals surface area contributed by atoms with Crippen molar-refractivity contribution >= 4 is 43.5 Å². The third-order valence-electron chi connectivity index (χ3n) is 8.91. The third kappa shape index (κ3) is 8.63. The van der Waals surface area contributed by atoms with E-state index in [9.17, 15) is 18.0 Å². The van der Waals surface area contributed by atoms with Gasteiger partial charge in [-0.15, -0.1) is 0 Å². The molecule has 0 spiro atoms. The van der Waals surface area contributed by atoms with Crippen LogP contribution in [0.25, 0.3) is 0 Å². The molecule has 0 saturated heterocycles. The largest absolute Gasteiger partial charge is 0.486 e. The van der Waals surface area contributed by atoms with Gasteiger partial charge in [0.15, 0.2) is 11.5 Å². The fraction of sp³-hybridized carbons (Fsp3) is 0.316. The van der Waals surface area contributed by atoms with Gasteiger partial charge in [-0.2, -0.15) is 0 Å². The molecule has 11 heteroatoms. The second-order valence-electron chi connectivity index (χ2n) is 12.3. The van der Waals surface area contributed by atoms with Crippen LogP contribution in [0.4, 0.5) is 5.69 Å². The van der Waals surface area contributed by atoms with Crippen LogP contribution >= 0.6 is 15.9 Å². The number of amides is 2. The topological polar surface area (TPSA) is 105 Å². The van der Waals surface area contributed by atoms with E-state index in [2.05, 4.69) is 21.2 Å². The van der Waals surface area contributed by atoms with Crippen molar-refractivity contribution in [1.82, 2.24) is 10.2 Å². The van der Waals surface area contributed by atoms with E-state index in [0.717, 1.165) is 52.0 Å². The van der Waals surface area contributed by atoms with Crippen molar-refractivity contribution in [1.29, 1.82) is 0 Å². The number of rotatable bonds is 12. The first-order valence-electron chi connectivity index (χ1n) is 16.6. The first-order chi connectivity index (χ1) is 23.8. The maximum absolute atomic E-state index is 14.8.